The lowest BCUT2D eigenvalue weighted by atomic mass is 9.49. The number of ketones is 1. The van der Waals surface area contributed by atoms with Crippen molar-refractivity contribution in [2.24, 2.45) is 5.92 Å². The molecule has 1 aromatic carbocycles. The molecule has 1 saturated heterocycles. The zero-order chi connectivity index (χ0) is 22.7. The molecule has 2 saturated carbocycles. The van der Waals surface area contributed by atoms with Gasteiger partial charge in [0.1, 0.15) is 5.75 Å². The van der Waals surface area contributed by atoms with Crippen LogP contribution in [0.1, 0.15) is 64.0 Å². The topological polar surface area (TPSA) is 59.0 Å². The maximum atomic E-state index is 13.2. The van der Waals surface area contributed by atoms with Crippen LogP contribution in [0, 0.1) is 5.92 Å². The van der Waals surface area contributed by atoms with Crippen LogP contribution in [0.25, 0.3) is 0 Å². The second-order valence-electron chi connectivity index (χ2n) is 12.6. The Bertz CT molecular complexity index is 996. The van der Waals surface area contributed by atoms with Crippen LogP contribution in [0.3, 0.4) is 0 Å². The molecule has 2 heterocycles. The molecule has 6 rings (SSSR count). The second-order valence-corrected chi connectivity index (χ2v) is 17.3. The van der Waals surface area contributed by atoms with Crippen LogP contribution in [0.4, 0.5) is 0 Å². The van der Waals surface area contributed by atoms with Gasteiger partial charge in [-0.05, 0) is 74.3 Å². The molecule has 32 heavy (non-hydrogen) atoms. The Balaban J connectivity index is 1.49. The molecule has 5 nitrogen and oxygen atoms in total. The Kier molecular flexibility index (Phi) is 4.23. The highest BCUT2D eigenvalue weighted by atomic mass is 28.4. The van der Waals surface area contributed by atoms with Gasteiger partial charge in [-0.1, -0.05) is 26.8 Å². The highest BCUT2D eigenvalue weighted by Crippen LogP contribution is 2.65. The molecular formula is C26H37NO4Si. The van der Waals surface area contributed by atoms with Crippen LogP contribution >= 0.6 is 0 Å². The van der Waals surface area contributed by atoms with Gasteiger partial charge in [-0.2, -0.15) is 0 Å². The fraction of sp³-hybridized carbons (Fsp3) is 0.731. The summed E-state index contributed by atoms with van der Waals surface area (Å²) in [4.78, 5) is 15.7. The van der Waals surface area contributed by atoms with E-state index in [-0.39, 0.29) is 16.9 Å². The lowest BCUT2D eigenvalue weighted by Crippen LogP contribution is -2.76. The summed E-state index contributed by atoms with van der Waals surface area (Å²) in [5, 5.41) is 12.4. The average Bonchev–Trinajstić information content (AvgIpc) is 3.44. The van der Waals surface area contributed by atoms with E-state index in [0.29, 0.717) is 12.8 Å². The van der Waals surface area contributed by atoms with E-state index in [1.54, 1.807) is 0 Å². The van der Waals surface area contributed by atoms with Crippen LogP contribution in [0.2, 0.25) is 18.1 Å². The number of rotatable bonds is 4. The fourth-order valence-electron chi connectivity index (χ4n) is 6.76. The molecule has 3 aliphatic carbocycles. The first kappa shape index (κ1) is 21.2. The SMILES string of the molecule is CC(C)(C)[Si](C)(C)Oc1ccc2c3c1O[C@H]1C(=O)CC[C@@]4(O)[C@@H](C2)N(CC2CC2)CC[C@]314. The monoisotopic (exact) mass is 455 g/mol. The van der Waals surface area contributed by atoms with Crippen molar-refractivity contribution in [3.05, 3.63) is 23.3 Å². The Labute approximate surface area is 192 Å². The minimum absolute atomic E-state index is 0.0646. The number of carbonyl (C=O) groups excluding carboxylic acids is 1. The Hall–Kier alpha value is -1.37. The van der Waals surface area contributed by atoms with E-state index in [2.05, 4.69) is 50.9 Å². The van der Waals surface area contributed by atoms with E-state index < -0.39 is 25.4 Å². The average molecular weight is 456 g/mol. The summed E-state index contributed by atoms with van der Waals surface area (Å²) in [6.07, 6.45) is 4.61. The van der Waals surface area contributed by atoms with E-state index in [0.717, 1.165) is 48.9 Å². The van der Waals surface area contributed by atoms with Crippen molar-refractivity contribution < 1.29 is 19.1 Å². The molecule has 0 radical (unpaired) electrons. The van der Waals surface area contributed by atoms with Crippen molar-refractivity contribution in [2.75, 3.05) is 13.1 Å². The number of benzene rings is 1. The second kappa shape index (κ2) is 6.39. The van der Waals surface area contributed by atoms with Gasteiger partial charge in [0.15, 0.2) is 17.6 Å². The highest BCUT2D eigenvalue weighted by Gasteiger charge is 2.73. The first-order valence-electron chi connectivity index (χ1n) is 12.5. The number of hydrogen-bond donors (Lipinski definition) is 1. The molecule has 1 N–H and O–H groups in total. The number of aliphatic hydroxyl groups is 1. The van der Waals surface area contributed by atoms with Crippen molar-refractivity contribution in [1.29, 1.82) is 0 Å². The molecule has 3 fully saturated rings. The molecular weight excluding hydrogens is 418 g/mol. The fourth-order valence-corrected chi connectivity index (χ4v) is 7.78. The van der Waals surface area contributed by atoms with Gasteiger partial charge in [0, 0.05) is 24.6 Å². The van der Waals surface area contributed by atoms with Crippen molar-refractivity contribution in [3.8, 4) is 11.5 Å². The number of piperidine rings is 1. The minimum Gasteiger partial charge on any atom is -0.541 e. The third-order valence-corrected chi connectivity index (χ3v) is 14.1. The summed E-state index contributed by atoms with van der Waals surface area (Å²) >= 11 is 0. The maximum absolute atomic E-state index is 13.2. The summed E-state index contributed by atoms with van der Waals surface area (Å²) in [5.41, 5.74) is 0.807. The van der Waals surface area contributed by atoms with Gasteiger partial charge in [-0.15, -0.1) is 0 Å². The van der Waals surface area contributed by atoms with E-state index in [9.17, 15) is 9.90 Å². The Morgan fingerprint density at radius 2 is 2.00 bits per heavy atom. The smallest absolute Gasteiger partial charge is 0.250 e. The molecule has 4 atom stereocenters. The third kappa shape index (κ3) is 2.60. The van der Waals surface area contributed by atoms with Crippen LogP contribution in [0.5, 0.6) is 11.5 Å². The van der Waals surface area contributed by atoms with Gasteiger partial charge in [0.05, 0.1) is 11.0 Å². The van der Waals surface area contributed by atoms with Gasteiger partial charge >= 0.3 is 0 Å². The summed E-state index contributed by atoms with van der Waals surface area (Å²) in [5.74, 6) is 2.45. The molecule has 1 spiro atoms. The van der Waals surface area contributed by atoms with E-state index in [1.807, 2.05) is 0 Å². The van der Waals surface area contributed by atoms with Gasteiger partial charge in [-0.25, -0.2) is 0 Å². The van der Waals surface area contributed by atoms with Crippen LogP contribution in [-0.2, 0) is 16.6 Å². The molecule has 1 aromatic rings. The van der Waals surface area contributed by atoms with Crippen LogP contribution < -0.4 is 9.16 Å². The van der Waals surface area contributed by atoms with Gasteiger partial charge in [0.25, 0.3) is 8.32 Å². The van der Waals surface area contributed by atoms with Crippen LogP contribution in [0.15, 0.2) is 12.1 Å². The largest absolute Gasteiger partial charge is 0.541 e. The quantitative estimate of drug-likeness (QED) is 0.690. The van der Waals surface area contributed by atoms with Crippen LogP contribution in [-0.4, -0.2) is 54.9 Å². The summed E-state index contributed by atoms with van der Waals surface area (Å²) in [7, 11) is -2.08. The number of nitrogens with zero attached hydrogens (tertiary/aromatic N) is 1. The maximum Gasteiger partial charge on any atom is 0.250 e. The summed E-state index contributed by atoms with van der Waals surface area (Å²) in [6, 6.07) is 4.33. The molecule has 0 aromatic heterocycles. The molecule has 5 aliphatic rings. The molecule has 2 aliphatic heterocycles. The first-order valence-corrected chi connectivity index (χ1v) is 15.4. The van der Waals surface area contributed by atoms with E-state index in [1.165, 1.54) is 18.4 Å². The van der Waals surface area contributed by atoms with Gasteiger partial charge in [-0.3, -0.25) is 9.69 Å². The predicted octanol–water partition coefficient (Wildman–Crippen LogP) is 4.20. The molecule has 0 unspecified atom stereocenters. The highest BCUT2D eigenvalue weighted by molar-refractivity contribution is 6.74. The molecule has 2 bridgehead atoms. The van der Waals surface area contributed by atoms with Gasteiger partial charge in [0.2, 0.25) is 0 Å². The summed E-state index contributed by atoms with van der Waals surface area (Å²) < 4.78 is 13.3. The summed E-state index contributed by atoms with van der Waals surface area (Å²) in [6.45, 7) is 13.2. The number of carbonyl (C=O) groups is 1. The van der Waals surface area contributed by atoms with Crippen molar-refractivity contribution in [2.45, 2.75) is 101 Å². The number of Topliss-reactive ketones (excluding diaryl/α,β-unsaturated/α-hetero) is 1. The Morgan fingerprint density at radius 3 is 2.69 bits per heavy atom. The van der Waals surface area contributed by atoms with Gasteiger partial charge < -0.3 is 14.3 Å². The lowest BCUT2D eigenvalue weighted by Gasteiger charge is -2.62. The third-order valence-electron chi connectivity index (χ3n) is 9.71. The number of ether oxygens (including phenoxy) is 1. The van der Waals surface area contributed by atoms with E-state index in [4.69, 9.17) is 9.16 Å². The molecule has 0 amide bonds. The first-order chi connectivity index (χ1) is 15.0. The minimum atomic E-state index is -2.08. The van der Waals surface area contributed by atoms with E-state index >= 15 is 0 Å². The zero-order valence-electron chi connectivity index (χ0n) is 20.2. The Morgan fingerprint density at radius 1 is 1.25 bits per heavy atom. The zero-order valence-corrected chi connectivity index (χ0v) is 21.2. The normalized spacial score (nSPS) is 36.0. The number of likely N-dealkylation sites (tertiary alicyclic amines) is 1. The molecule has 6 heteroatoms. The van der Waals surface area contributed by atoms with Crippen molar-refractivity contribution >= 4 is 14.1 Å². The van der Waals surface area contributed by atoms with Crippen molar-refractivity contribution in [1.82, 2.24) is 4.90 Å². The van der Waals surface area contributed by atoms with Crippen molar-refractivity contribution in [3.63, 3.8) is 0 Å². The number of hydrogen-bond acceptors (Lipinski definition) is 5. The molecule has 174 valence electrons. The lowest BCUT2D eigenvalue weighted by molar-refractivity contribution is -0.188. The standard InChI is InChI=1S/C26H37NO4Si/c1-24(2,3)32(4,5)31-19-9-8-17-14-20-26(29)11-10-18(28)23-25(26,21(17)22(19)30-23)12-13-27(20)15-16-6-7-16/h8-9,16,20,23,29H,6-7,10-15H2,1-5H3/t20-,23+,25+,26-/m1/s1. The predicted molar refractivity (Wildman–Crippen MR) is 126 cm³/mol.